The van der Waals surface area contributed by atoms with Crippen LogP contribution in [0.3, 0.4) is 0 Å². The number of carboxylic acids is 1. The number of carbonyl (C=O) groups is 1. The monoisotopic (exact) mass is 438 g/mol. The van der Waals surface area contributed by atoms with Gasteiger partial charge in [-0.2, -0.15) is 13.2 Å². The Morgan fingerprint density at radius 1 is 0.938 bits per heavy atom. The Hall–Kier alpha value is -3.74. The first-order valence-electron chi connectivity index (χ1n) is 10.1. The highest BCUT2D eigenvalue weighted by atomic mass is 19.4. The molecule has 1 aromatic heterocycles. The number of nitrogens with one attached hydrogen (secondary N) is 1. The van der Waals surface area contributed by atoms with Crippen molar-refractivity contribution in [2.75, 3.05) is 5.32 Å². The average Bonchev–Trinajstić information content (AvgIpc) is 3.10. The van der Waals surface area contributed by atoms with E-state index in [1.54, 1.807) is 0 Å². The summed E-state index contributed by atoms with van der Waals surface area (Å²) in [6.07, 6.45) is -3.11. The lowest BCUT2D eigenvalue weighted by atomic mass is 10.1. The van der Waals surface area contributed by atoms with E-state index in [0.717, 1.165) is 28.1 Å². The molecule has 7 heteroatoms. The molecule has 0 spiro atoms. The number of hydrogen-bond donors (Lipinski definition) is 2. The third kappa shape index (κ3) is 4.77. The van der Waals surface area contributed by atoms with E-state index in [1.165, 1.54) is 12.1 Å². The highest BCUT2D eigenvalue weighted by molar-refractivity contribution is 5.84. The zero-order valence-electron chi connectivity index (χ0n) is 17.1. The molecule has 0 aliphatic heterocycles. The molecule has 4 aromatic rings. The summed E-state index contributed by atoms with van der Waals surface area (Å²) in [7, 11) is 0. The van der Waals surface area contributed by atoms with Gasteiger partial charge in [0.1, 0.15) is 0 Å². The van der Waals surface area contributed by atoms with E-state index in [0.29, 0.717) is 6.54 Å². The minimum absolute atomic E-state index is 0.0773. The van der Waals surface area contributed by atoms with Gasteiger partial charge in [0.15, 0.2) is 0 Å². The van der Waals surface area contributed by atoms with E-state index in [1.807, 2.05) is 60.8 Å². The summed E-state index contributed by atoms with van der Waals surface area (Å²) in [6.45, 7) is 0.850. The predicted octanol–water partition coefficient (Wildman–Crippen LogP) is 5.95. The number of fused-ring (bicyclic) bond motifs is 1. The second-order valence-electron chi connectivity index (χ2n) is 7.59. The fraction of sp³-hybridized carbons (Fsp3) is 0.160. The second-order valence-corrected chi connectivity index (χ2v) is 7.59. The Balaban J connectivity index is 1.63. The number of para-hydroxylation sites is 1. The van der Waals surface area contributed by atoms with Gasteiger partial charge in [-0.25, -0.2) is 0 Å². The summed E-state index contributed by atoms with van der Waals surface area (Å²) in [5.41, 5.74) is 2.16. The second kappa shape index (κ2) is 8.78. The van der Waals surface area contributed by atoms with Gasteiger partial charge in [-0.05, 0) is 34.9 Å². The molecule has 164 valence electrons. The van der Waals surface area contributed by atoms with Crippen molar-refractivity contribution in [3.8, 4) is 0 Å². The quantitative estimate of drug-likeness (QED) is 0.375. The number of anilines is 1. The molecular formula is C25H21F3N2O2. The van der Waals surface area contributed by atoms with E-state index < -0.39 is 24.1 Å². The minimum Gasteiger partial charge on any atom is -0.481 e. The molecule has 4 nitrogen and oxygen atoms in total. The summed E-state index contributed by atoms with van der Waals surface area (Å²) < 4.78 is 42.9. The number of alkyl halides is 3. The third-order valence-corrected chi connectivity index (χ3v) is 5.28. The number of halogens is 3. The number of nitrogens with zero attached hydrogens (tertiary/aromatic N) is 1. The Morgan fingerprint density at radius 2 is 1.66 bits per heavy atom. The van der Waals surface area contributed by atoms with Crippen LogP contribution < -0.4 is 5.32 Å². The van der Waals surface area contributed by atoms with Crippen molar-refractivity contribution in [1.82, 2.24) is 4.57 Å². The highest BCUT2D eigenvalue weighted by Gasteiger charge is 2.34. The maximum Gasteiger partial charge on any atom is 0.418 e. The van der Waals surface area contributed by atoms with E-state index >= 15 is 0 Å². The fourth-order valence-corrected chi connectivity index (χ4v) is 3.83. The van der Waals surface area contributed by atoms with E-state index in [4.69, 9.17) is 5.11 Å². The first-order chi connectivity index (χ1) is 15.3. The SMILES string of the molecule is O=C(O)Cc1ccc(NCc2cn(Cc3ccccc3)c3ccccc23)c(C(F)(F)F)c1. The summed E-state index contributed by atoms with van der Waals surface area (Å²) >= 11 is 0. The van der Waals surface area contributed by atoms with Gasteiger partial charge in [0.05, 0.1) is 12.0 Å². The fourth-order valence-electron chi connectivity index (χ4n) is 3.83. The van der Waals surface area contributed by atoms with E-state index in [2.05, 4.69) is 9.88 Å². The van der Waals surface area contributed by atoms with Gasteiger partial charge < -0.3 is 15.0 Å². The number of aromatic nitrogens is 1. The molecule has 0 bridgehead atoms. The molecule has 0 fully saturated rings. The van der Waals surface area contributed by atoms with Crippen LogP contribution in [0.25, 0.3) is 10.9 Å². The van der Waals surface area contributed by atoms with Crippen molar-refractivity contribution in [1.29, 1.82) is 0 Å². The maximum atomic E-state index is 13.6. The van der Waals surface area contributed by atoms with Crippen molar-refractivity contribution in [2.24, 2.45) is 0 Å². The Morgan fingerprint density at radius 3 is 2.38 bits per heavy atom. The molecule has 0 unspecified atom stereocenters. The predicted molar refractivity (Wildman–Crippen MR) is 118 cm³/mol. The molecule has 0 atom stereocenters. The Kier molecular flexibility index (Phi) is 5.90. The maximum absolute atomic E-state index is 13.6. The Bertz CT molecular complexity index is 1250. The van der Waals surface area contributed by atoms with Crippen LogP contribution in [0, 0.1) is 0 Å². The van der Waals surface area contributed by atoms with Gasteiger partial charge in [-0.15, -0.1) is 0 Å². The summed E-state index contributed by atoms with van der Waals surface area (Å²) in [6, 6.07) is 21.3. The summed E-state index contributed by atoms with van der Waals surface area (Å²) in [4.78, 5) is 10.9. The molecule has 32 heavy (non-hydrogen) atoms. The lowest BCUT2D eigenvalue weighted by molar-refractivity contribution is -0.138. The standard InChI is InChI=1S/C25H21F3N2O2/c26-25(27,28)21-12-18(13-24(31)32)10-11-22(21)29-14-19-16-30(15-17-6-2-1-3-7-17)23-9-5-4-8-20(19)23/h1-12,16,29H,13-15H2,(H,31,32). The van der Waals surface area contributed by atoms with Crippen LogP contribution in [0.2, 0.25) is 0 Å². The van der Waals surface area contributed by atoms with Gasteiger partial charge in [-0.1, -0.05) is 54.6 Å². The molecule has 3 aromatic carbocycles. The summed E-state index contributed by atoms with van der Waals surface area (Å²) in [5, 5.41) is 12.8. The molecular weight excluding hydrogens is 417 g/mol. The van der Waals surface area contributed by atoms with Crippen LogP contribution in [0.5, 0.6) is 0 Å². The van der Waals surface area contributed by atoms with E-state index in [9.17, 15) is 18.0 Å². The molecule has 0 aliphatic rings. The van der Waals surface area contributed by atoms with Crippen molar-refractivity contribution < 1.29 is 23.1 Å². The van der Waals surface area contributed by atoms with Crippen LogP contribution in [-0.2, 0) is 30.5 Å². The summed E-state index contributed by atoms with van der Waals surface area (Å²) in [5.74, 6) is -1.18. The van der Waals surface area contributed by atoms with Crippen molar-refractivity contribution in [2.45, 2.75) is 25.7 Å². The van der Waals surface area contributed by atoms with Gasteiger partial charge in [0.25, 0.3) is 0 Å². The molecule has 1 heterocycles. The molecule has 4 rings (SSSR count). The van der Waals surface area contributed by atoms with Crippen LogP contribution >= 0.6 is 0 Å². The first-order valence-corrected chi connectivity index (χ1v) is 10.1. The zero-order valence-corrected chi connectivity index (χ0v) is 17.1. The zero-order chi connectivity index (χ0) is 22.7. The lowest BCUT2D eigenvalue weighted by Gasteiger charge is -2.15. The van der Waals surface area contributed by atoms with Crippen LogP contribution in [0.1, 0.15) is 22.3 Å². The van der Waals surface area contributed by atoms with Gasteiger partial charge in [-0.3, -0.25) is 4.79 Å². The minimum atomic E-state index is -4.60. The number of aliphatic carboxylic acids is 1. The topological polar surface area (TPSA) is 54.3 Å². The molecule has 2 N–H and O–H groups in total. The van der Waals surface area contributed by atoms with Crippen molar-refractivity contribution >= 4 is 22.6 Å². The first kappa shape index (κ1) is 21.5. The van der Waals surface area contributed by atoms with E-state index in [-0.39, 0.29) is 17.8 Å². The van der Waals surface area contributed by atoms with Crippen LogP contribution in [-0.4, -0.2) is 15.6 Å². The Labute approximate surface area is 182 Å². The van der Waals surface area contributed by atoms with Crippen LogP contribution in [0.4, 0.5) is 18.9 Å². The third-order valence-electron chi connectivity index (χ3n) is 5.28. The average molecular weight is 438 g/mol. The normalized spacial score (nSPS) is 11.6. The number of benzene rings is 3. The number of rotatable bonds is 7. The molecule has 0 aliphatic carbocycles. The smallest absolute Gasteiger partial charge is 0.418 e. The molecule has 0 amide bonds. The molecule has 0 saturated heterocycles. The van der Waals surface area contributed by atoms with Gasteiger partial charge in [0, 0.05) is 35.9 Å². The van der Waals surface area contributed by atoms with Gasteiger partial charge in [0.2, 0.25) is 0 Å². The molecule has 0 radical (unpaired) electrons. The van der Waals surface area contributed by atoms with Gasteiger partial charge >= 0.3 is 12.1 Å². The molecule has 0 saturated carbocycles. The van der Waals surface area contributed by atoms with Crippen molar-refractivity contribution in [3.05, 3.63) is 101 Å². The lowest BCUT2D eigenvalue weighted by Crippen LogP contribution is -2.12. The highest BCUT2D eigenvalue weighted by Crippen LogP contribution is 2.36. The van der Waals surface area contributed by atoms with Crippen molar-refractivity contribution in [3.63, 3.8) is 0 Å². The number of hydrogen-bond acceptors (Lipinski definition) is 2. The van der Waals surface area contributed by atoms with Crippen LogP contribution in [0.15, 0.2) is 79.0 Å². The largest absolute Gasteiger partial charge is 0.481 e. The number of carboxylic acid groups (broad SMARTS) is 1.